The molecule has 0 amide bonds. The van der Waals surface area contributed by atoms with Gasteiger partial charge in [-0.15, -0.1) is 0 Å². The first-order chi connectivity index (χ1) is 7.95. The summed E-state index contributed by atoms with van der Waals surface area (Å²) >= 11 is 4.98. The summed E-state index contributed by atoms with van der Waals surface area (Å²) in [5.74, 6) is -0.250. The van der Waals surface area contributed by atoms with Crippen molar-refractivity contribution >= 4 is 17.2 Å². The quantitative estimate of drug-likeness (QED) is 0.819. The van der Waals surface area contributed by atoms with Crippen molar-refractivity contribution in [1.29, 1.82) is 0 Å². The molecule has 94 valence electrons. The van der Waals surface area contributed by atoms with Crippen LogP contribution in [0.4, 0.5) is 4.39 Å². The average Bonchev–Trinajstić information content (AvgIpc) is 2.25. The SMILES string of the molecule is CCN(Cc1cc(F)ccc1C(N)=S)C(C)C. The van der Waals surface area contributed by atoms with E-state index in [9.17, 15) is 4.39 Å². The van der Waals surface area contributed by atoms with Gasteiger partial charge in [-0.25, -0.2) is 4.39 Å². The van der Waals surface area contributed by atoms with Gasteiger partial charge in [0, 0.05) is 18.2 Å². The summed E-state index contributed by atoms with van der Waals surface area (Å²) in [5.41, 5.74) is 7.27. The molecule has 0 fully saturated rings. The average molecular weight is 254 g/mol. The van der Waals surface area contributed by atoms with Gasteiger partial charge < -0.3 is 5.73 Å². The van der Waals surface area contributed by atoms with Crippen LogP contribution in [0.2, 0.25) is 0 Å². The van der Waals surface area contributed by atoms with E-state index in [0.717, 1.165) is 17.7 Å². The van der Waals surface area contributed by atoms with Crippen molar-refractivity contribution in [1.82, 2.24) is 4.90 Å². The highest BCUT2D eigenvalue weighted by Gasteiger charge is 2.12. The largest absolute Gasteiger partial charge is 0.389 e. The Hall–Kier alpha value is -1.00. The molecule has 17 heavy (non-hydrogen) atoms. The third kappa shape index (κ3) is 3.75. The van der Waals surface area contributed by atoms with Crippen molar-refractivity contribution in [2.75, 3.05) is 6.54 Å². The van der Waals surface area contributed by atoms with Crippen LogP contribution in [0.5, 0.6) is 0 Å². The Morgan fingerprint density at radius 1 is 1.47 bits per heavy atom. The molecule has 0 saturated carbocycles. The molecule has 1 aromatic carbocycles. The number of hydrogen-bond acceptors (Lipinski definition) is 2. The predicted molar refractivity (Wildman–Crippen MR) is 73.5 cm³/mol. The maximum atomic E-state index is 13.3. The van der Waals surface area contributed by atoms with Gasteiger partial charge in [-0.1, -0.05) is 19.1 Å². The minimum Gasteiger partial charge on any atom is -0.389 e. The Morgan fingerprint density at radius 2 is 2.12 bits per heavy atom. The summed E-state index contributed by atoms with van der Waals surface area (Å²) in [6.45, 7) is 7.88. The van der Waals surface area contributed by atoms with Gasteiger partial charge in [-0.05, 0) is 44.2 Å². The molecule has 0 aliphatic heterocycles. The van der Waals surface area contributed by atoms with Gasteiger partial charge in [0.25, 0.3) is 0 Å². The lowest BCUT2D eigenvalue weighted by Gasteiger charge is -2.25. The van der Waals surface area contributed by atoms with Crippen LogP contribution in [0.1, 0.15) is 31.9 Å². The zero-order valence-corrected chi connectivity index (χ0v) is 11.4. The van der Waals surface area contributed by atoms with Gasteiger partial charge in [-0.3, -0.25) is 4.90 Å². The molecular formula is C13H19FN2S. The maximum Gasteiger partial charge on any atom is 0.123 e. The van der Waals surface area contributed by atoms with Crippen LogP contribution in [-0.4, -0.2) is 22.5 Å². The molecule has 0 heterocycles. The Morgan fingerprint density at radius 3 is 2.59 bits per heavy atom. The van der Waals surface area contributed by atoms with Gasteiger partial charge in [0.1, 0.15) is 10.8 Å². The standard InChI is InChI=1S/C13H19FN2S/c1-4-16(9(2)3)8-10-7-11(14)5-6-12(10)13(15)17/h5-7,9H,4,8H2,1-3H3,(H2,15,17). The Bertz CT molecular complexity index is 404. The highest BCUT2D eigenvalue weighted by Crippen LogP contribution is 2.15. The van der Waals surface area contributed by atoms with E-state index in [2.05, 4.69) is 25.7 Å². The third-order valence-electron chi connectivity index (χ3n) is 2.84. The topological polar surface area (TPSA) is 29.3 Å². The molecule has 1 rings (SSSR count). The maximum absolute atomic E-state index is 13.3. The second-order valence-electron chi connectivity index (χ2n) is 4.32. The summed E-state index contributed by atoms with van der Waals surface area (Å²) in [4.78, 5) is 2.55. The van der Waals surface area contributed by atoms with E-state index < -0.39 is 0 Å². The van der Waals surface area contributed by atoms with Crippen molar-refractivity contribution in [2.24, 2.45) is 5.73 Å². The van der Waals surface area contributed by atoms with E-state index in [-0.39, 0.29) is 5.82 Å². The zero-order chi connectivity index (χ0) is 13.0. The Kier molecular flexibility index (Phi) is 5.02. The number of rotatable bonds is 5. The van der Waals surface area contributed by atoms with Gasteiger partial charge in [-0.2, -0.15) is 0 Å². The second kappa shape index (κ2) is 6.07. The second-order valence-corrected chi connectivity index (χ2v) is 4.76. The molecule has 0 saturated heterocycles. The predicted octanol–water partition coefficient (Wildman–Crippen LogP) is 2.69. The number of benzene rings is 1. The van der Waals surface area contributed by atoms with Crippen LogP contribution in [0, 0.1) is 5.82 Å². The molecule has 0 aliphatic rings. The highest BCUT2D eigenvalue weighted by molar-refractivity contribution is 7.80. The van der Waals surface area contributed by atoms with E-state index in [0.29, 0.717) is 17.6 Å². The van der Waals surface area contributed by atoms with Crippen molar-refractivity contribution < 1.29 is 4.39 Å². The molecule has 0 radical (unpaired) electrons. The molecule has 0 bridgehead atoms. The van der Waals surface area contributed by atoms with E-state index in [1.165, 1.54) is 12.1 Å². The minimum absolute atomic E-state index is 0.250. The van der Waals surface area contributed by atoms with E-state index >= 15 is 0 Å². The van der Waals surface area contributed by atoms with Gasteiger partial charge in [0.05, 0.1) is 0 Å². The smallest absolute Gasteiger partial charge is 0.123 e. The molecule has 1 aromatic rings. The number of halogens is 1. The van der Waals surface area contributed by atoms with E-state index in [4.69, 9.17) is 18.0 Å². The summed E-state index contributed by atoms with van der Waals surface area (Å²) in [6, 6.07) is 4.96. The molecule has 2 N–H and O–H groups in total. The zero-order valence-electron chi connectivity index (χ0n) is 10.5. The van der Waals surface area contributed by atoms with Gasteiger partial charge >= 0.3 is 0 Å². The normalized spacial score (nSPS) is 11.2. The fourth-order valence-electron chi connectivity index (χ4n) is 1.81. The third-order valence-corrected chi connectivity index (χ3v) is 3.06. The summed E-state index contributed by atoms with van der Waals surface area (Å²) < 4.78 is 13.3. The van der Waals surface area contributed by atoms with Crippen molar-refractivity contribution in [2.45, 2.75) is 33.4 Å². The van der Waals surface area contributed by atoms with Gasteiger partial charge in [0.2, 0.25) is 0 Å². The number of nitrogens with two attached hydrogens (primary N) is 1. The fraction of sp³-hybridized carbons (Fsp3) is 0.462. The Labute approximate surface area is 108 Å². The van der Waals surface area contributed by atoms with Crippen LogP contribution in [0.25, 0.3) is 0 Å². The summed E-state index contributed by atoms with van der Waals surface area (Å²) in [7, 11) is 0. The minimum atomic E-state index is -0.250. The van der Waals surface area contributed by atoms with Crippen molar-refractivity contribution in [3.8, 4) is 0 Å². The first-order valence-corrected chi connectivity index (χ1v) is 6.18. The van der Waals surface area contributed by atoms with E-state index in [1.807, 2.05) is 0 Å². The van der Waals surface area contributed by atoms with E-state index in [1.54, 1.807) is 6.07 Å². The van der Waals surface area contributed by atoms with Crippen molar-refractivity contribution in [3.63, 3.8) is 0 Å². The van der Waals surface area contributed by atoms with Crippen LogP contribution in [-0.2, 0) is 6.54 Å². The molecule has 0 atom stereocenters. The summed E-state index contributed by atoms with van der Waals surface area (Å²) in [6.07, 6.45) is 0. The first kappa shape index (κ1) is 14.1. The summed E-state index contributed by atoms with van der Waals surface area (Å²) in [5, 5.41) is 0. The first-order valence-electron chi connectivity index (χ1n) is 5.78. The number of hydrogen-bond donors (Lipinski definition) is 1. The van der Waals surface area contributed by atoms with Crippen LogP contribution in [0.15, 0.2) is 18.2 Å². The van der Waals surface area contributed by atoms with Crippen LogP contribution >= 0.6 is 12.2 Å². The number of nitrogens with zero attached hydrogens (tertiary/aromatic N) is 1. The monoisotopic (exact) mass is 254 g/mol. The lowest BCUT2D eigenvalue weighted by molar-refractivity contribution is 0.224. The van der Waals surface area contributed by atoms with Gasteiger partial charge in [0.15, 0.2) is 0 Å². The highest BCUT2D eigenvalue weighted by atomic mass is 32.1. The molecule has 4 heteroatoms. The number of thiocarbonyl (C=S) groups is 1. The molecular weight excluding hydrogens is 235 g/mol. The molecule has 2 nitrogen and oxygen atoms in total. The molecule has 0 aliphatic carbocycles. The lowest BCUT2D eigenvalue weighted by Crippen LogP contribution is -2.31. The van der Waals surface area contributed by atoms with Crippen molar-refractivity contribution in [3.05, 3.63) is 35.1 Å². The Balaban J connectivity index is 3.03. The molecule has 0 unspecified atom stereocenters. The lowest BCUT2D eigenvalue weighted by atomic mass is 10.1. The molecule has 0 spiro atoms. The molecule has 0 aromatic heterocycles. The van der Waals surface area contributed by atoms with Crippen LogP contribution in [0.3, 0.4) is 0 Å². The van der Waals surface area contributed by atoms with Crippen LogP contribution < -0.4 is 5.73 Å². The fourth-order valence-corrected chi connectivity index (χ4v) is 2.01.